The fraction of sp³-hybridized carbons (Fsp3) is 0.176. The highest BCUT2D eigenvalue weighted by Gasteiger charge is 2.22. The Labute approximate surface area is 121 Å². The number of nitrogens with zero attached hydrogens (tertiary/aromatic N) is 1. The van der Waals surface area contributed by atoms with Gasteiger partial charge in [0.2, 0.25) is 0 Å². The number of rotatable bonds is 3. The van der Waals surface area contributed by atoms with Crippen LogP contribution in [0.3, 0.4) is 0 Å². The van der Waals surface area contributed by atoms with Gasteiger partial charge in [0.25, 0.3) is 0 Å². The third-order valence-electron chi connectivity index (χ3n) is 3.58. The van der Waals surface area contributed by atoms with Crippen LogP contribution < -0.4 is 4.74 Å². The summed E-state index contributed by atoms with van der Waals surface area (Å²) in [7, 11) is 0. The van der Waals surface area contributed by atoms with Crippen LogP contribution in [0.2, 0.25) is 0 Å². The smallest absolute Gasteiger partial charge is 0.163 e. The van der Waals surface area contributed by atoms with Gasteiger partial charge < -0.3 is 4.74 Å². The Balaban J connectivity index is 1.80. The van der Waals surface area contributed by atoms with Gasteiger partial charge in [-0.25, -0.2) is 4.39 Å². The Kier molecular flexibility index (Phi) is 3.41. The first-order chi connectivity index (χ1) is 10.2. The van der Waals surface area contributed by atoms with E-state index in [2.05, 4.69) is 0 Å². The average Bonchev–Trinajstić information content (AvgIpc) is 2.89. The van der Waals surface area contributed by atoms with Gasteiger partial charge in [-0.2, -0.15) is 5.26 Å². The maximum Gasteiger partial charge on any atom is 0.163 e. The standard InChI is InChI=1S/C17H12FNO2/c18-15-6-4-11(8-12(15)9-19)10-21-17-3-1-2-13-14(17)5-7-16(13)20/h1-4,6,8H,5,7,10H2. The van der Waals surface area contributed by atoms with E-state index in [1.54, 1.807) is 18.2 Å². The molecule has 0 spiro atoms. The molecule has 0 saturated carbocycles. The van der Waals surface area contributed by atoms with Crippen LogP contribution in [0.1, 0.15) is 33.5 Å². The van der Waals surface area contributed by atoms with Gasteiger partial charge in [-0.1, -0.05) is 18.2 Å². The Bertz CT molecular complexity index is 762. The Morgan fingerprint density at radius 1 is 1.24 bits per heavy atom. The molecule has 2 aromatic carbocycles. The van der Waals surface area contributed by atoms with E-state index in [4.69, 9.17) is 10.00 Å². The molecule has 0 N–H and O–H groups in total. The highest BCUT2D eigenvalue weighted by atomic mass is 19.1. The molecule has 3 nitrogen and oxygen atoms in total. The minimum absolute atomic E-state index is 0.00423. The zero-order valence-electron chi connectivity index (χ0n) is 11.2. The van der Waals surface area contributed by atoms with Crippen molar-refractivity contribution in [3.63, 3.8) is 0 Å². The van der Waals surface area contributed by atoms with Crippen LogP contribution in [0.4, 0.5) is 4.39 Å². The maximum absolute atomic E-state index is 13.3. The summed E-state index contributed by atoms with van der Waals surface area (Å²) in [6.45, 7) is 0.236. The van der Waals surface area contributed by atoms with Crippen LogP contribution in [0.15, 0.2) is 36.4 Å². The van der Waals surface area contributed by atoms with E-state index in [0.29, 0.717) is 18.6 Å². The van der Waals surface area contributed by atoms with Crippen molar-refractivity contribution < 1.29 is 13.9 Å². The number of Topliss-reactive ketones (excluding diaryl/α,β-unsaturated/α-hetero) is 1. The first-order valence-corrected chi connectivity index (χ1v) is 6.65. The summed E-state index contributed by atoms with van der Waals surface area (Å²) in [5, 5.41) is 8.82. The number of ketones is 1. The summed E-state index contributed by atoms with van der Waals surface area (Å²) in [6.07, 6.45) is 1.21. The number of halogens is 1. The van der Waals surface area contributed by atoms with Crippen LogP contribution in [-0.4, -0.2) is 5.78 Å². The molecule has 104 valence electrons. The van der Waals surface area contributed by atoms with Crippen LogP contribution in [0.25, 0.3) is 0 Å². The minimum Gasteiger partial charge on any atom is -0.489 e. The van der Waals surface area contributed by atoms with E-state index in [1.807, 2.05) is 12.1 Å². The highest BCUT2D eigenvalue weighted by molar-refractivity contribution is 6.01. The predicted octanol–water partition coefficient (Wildman–Crippen LogP) is 3.41. The second-order valence-corrected chi connectivity index (χ2v) is 4.92. The molecule has 1 aliphatic carbocycles. The van der Waals surface area contributed by atoms with E-state index >= 15 is 0 Å². The lowest BCUT2D eigenvalue weighted by molar-refractivity contribution is 0.0994. The number of hydrogen-bond donors (Lipinski definition) is 0. The summed E-state index contributed by atoms with van der Waals surface area (Å²) in [6, 6.07) is 11.6. The molecule has 0 radical (unpaired) electrons. The third-order valence-corrected chi connectivity index (χ3v) is 3.58. The molecule has 4 heteroatoms. The molecule has 0 amide bonds. The number of carbonyl (C=O) groups excluding carboxylic acids is 1. The zero-order chi connectivity index (χ0) is 14.8. The van der Waals surface area contributed by atoms with Crippen molar-refractivity contribution in [2.45, 2.75) is 19.4 Å². The van der Waals surface area contributed by atoms with Crippen LogP contribution in [0, 0.1) is 17.1 Å². The number of carbonyl (C=O) groups is 1. The summed E-state index contributed by atoms with van der Waals surface area (Å²) in [5.74, 6) is 0.289. The van der Waals surface area contributed by atoms with E-state index in [1.165, 1.54) is 12.1 Å². The summed E-state index contributed by atoms with van der Waals surface area (Å²) in [4.78, 5) is 11.7. The van der Waals surface area contributed by atoms with E-state index in [0.717, 1.165) is 16.7 Å². The molecule has 0 aromatic heterocycles. The minimum atomic E-state index is -0.535. The van der Waals surface area contributed by atoms with Crippen molar-refractivity contribution in [3.05, 3.63) is 64.5 Å². The van der Waals surface area contributed by atoms with Crippen molar-refractivity contribution in [3.8, 4) is 11.8 Å². The van der Waals surface area contributed by atoms with Gasteiger partial charge in [-0.3, -0.25) is 4.79 Å². The Morgan fingerprint density at radius 2 is 2.10 bits per heavy atom. The molecule has 2 aromatic rings. The monoisotopic (exact) mass is 281 g/mol. The van der Waals surface area contributed by atoms with Gasteiger partial charge in [0.1, 0.15) is 24.2 Å². The van der Waals surface area contributed by atoms with Gasteiger partial charge in [0.05, 0.1) is 5.56 Å². The topological polar surface area (TPSA) is 50.1 Å². The van der Waals surface area contributed by atoms with Gasteiger partial charge in [-0.15, -0.1) is 0 Å². The molecular weight excluding hydrogens is 269 g/mol. The number of hydrogen-bond acceptors (Lipinski definition) is 3. The quantitative estimate of drug-likeness (QED) is 0.866. The lowest BCUT2D eigenvalue weighted by Crippen LogP contribution is -2.00. The van der Waals surface area contributed by atoms with Crippen LogP contribution >= 0.6 is 0 Å². The van der Waals surface area contributed by atoms with Crippen molar-refractivity contribution >= 4 is 5.78 Å². The van der Waals surface area contributed by atoms with Crippen molar-refractivity contribution in [1.29, 1.82) is 5.26 Å². The number of benzene rings is 2. The van der Waals surface area contributed by atoms with Gasteiger partial charge >= 0.3 is 0 Å². The van der Waals surface area contributed by atoms with Gasteiger partial charge in [0, 0.05) is 17.5 Å². The number of nitriles is 1. The predicted molar refractivity (Wildman–Crippen MR) is 74.5 cm³/mol. The first-order valence-electron chi connectivity index (χ1n) is 6.65. The molecule has 1 aliphatic rings. The zero-order valence-corrected chi connectivity index (χ0v) is 11.2. The maximum atomic E-state index is 13.3. The molecule has 0 bridgehead atoms. The lowest BCUT2D eigenvalue weighted by Gasteiger charge is -2.10. The van der Waals surface area contributed by atoms with E-state index in [-0.39, 0.29) is 18.0 Å². The molecule has 0 aliphatic heterocycles. The number of ether oxygens (including phenoxy) is 1. The van der Waals surface area contributed by atoms with Crippen LogP contribution in [0.5, 0.6) is 5.75 Å². The van der Waals surface area contributed by atoms with Crippen molar-refractivity contribution in [2.24, 2.45) is 0 Å². The Morgan fingerprint density at radius 3 is 2.90 bits per heavy atom. The third kappa shape index (κ3) is 2.50. The van der Waals surface area contributed by atoms with Crippen molar-refractivity contribution in [2.75, 3.05) is 0 Å². The Hall–Kier alpha value is -2.67. The van der Waals surface area contributed by atoms with Gasteiger partial charge in [-0.05, 0) is 30.2 Å². The van der Waals surface area contributed by atoms with Gasteiger partial charge in [0.15, 0.2) is 5.78 Å². The normalized spacial score (nSPS) is 12.9. The molecule has 21 heavy (non-hydrogen) atoms. The summed E-state index contributed by atoms with van der Waals surface area (Å²) in [5.41, 5.74) is 2.38. The largest absolute Gasteiger partial charge is 0.489 e. The fourth-order valence-electron chi connectivity index (χ4n) is 2.50. The summed E-state index contributed by atoms with van der Waals surface area (Å²) >= 11 is 0. The molecule has 0 saturated heterocycles. The average molecular weight is 281 g/mol. The first kappa shape index (κ1) is 13.3. The summed E-state index contributed by atoms with van der Waals surface area (Å²) < 4.78 is 19.0. The second-order valence-electron chi connectivity index (χ2n) is 4.92. The van der Waals surface area contributed by atoms with E-state index in [9.17, 15) is 9.18 Å². The molecule has 0 unspecified atom stereocenters. The molecule has 0 heterocycles. The number of fused-ring (bicyclic) bond motifs is 1. The SMILES string of the molecule is N#Cc1cc(COc2cccc3c2CCC3=O)ccc1F. The molecule has 0 atom stereocenters. The fourth-order valence-corrected chi connectivity index (χ4v) is 2.50. The lowest BCUT2D eigenvalue weighted by atomic mass is 10.1. The molecular formula is C17H12FNO2. The second kappa shape index (κ2) is 5.37. The molecule has 3 rings (SSSR count). The molecule has 0 fully saturated rings. The van der Waals surface area contributed by atoms with Crippen molar-refractivity contribution in [1.82, 2.24) is 0 Å². The highest BCUT2D eigenvalue weighted by Crippen LogP contribution is 2.31. The van der Waals surface area contributed by atoms with E-state index < -0.39 is 5.82 Å². The van der Waals surface area contributed by atoms with Crippen LogP contribution in [-0.2, 0) is 13.0 Å².